The van der Waals surface area contributed by atoms with E-state index in [-0.39, 0.29) is 27.7 Å². The van der Waals surface area contributed by atoms with Gasteiger partial charge in [-0.2, -0.15) is 0 Å². The summed E-state index contributed by atoms with van der Waals surface area (Å²) in [7, 11) is 0. The molecule has 0 aliphatic rings. The van der Waals surface area contributed by atoms with Gasteiger partial charge in [0, 0.05) is 57.9 Å². The molecule has 0 aromatic carbocycles. The molecule has 0 saturated heterocycles. The van der Waals surface area contributed by atoms with Crippen LogP contribution < -0.4 is 10.6 Å². The van der Waals surface area contributed by atoms with Crippen LogP contribution in [0.2, 0.25) is 0 Å². The summed E-state index contributed by atoms with van der Waals surface area (Å²) in [5.74, 6) is 0. The topological polar surface area (TPSA) is 30.5 Å². The summed E-state index contributed by atoms with van der Waals surface area (Å²) >= 11 is 0. The van der Waals surface area contributed by atoms with Crippen LogP contribution in [0.15, 0.2) is 0 Å². The monoisotopic (exact) mass is 511 g/mol. The Balaban J connectivity index is 5.37. The van der Waals surface area contributed by atoms with Crippen LogP contribution in [-0.2, 0) is 0 Å². The first-order chi connectivity index (χ1) is 15.8. The second-order valence-electron chi connectivity index (χ2n) is 16.2. The average Bonchev–Trinajstić information content (AvgIpc) is 2.45. The van der Waals surface area contributed by atoms with Gasteiger partial charge in [-0.3, -0.25) is 9.80 Å². The van der Waals surface area contributed by atoms with Crippen molar-refractivity contribution < 1.29 is 0 Å². The Bertz CT molecular complexity index is 625. The van der Waals surface area contributed by atoms with Crippen LogP contribution in [0.4, 0.5) is 0 Å². The predicted molar refractivity (Wildman–Crippen MR) is 164 cm³/mol. The second kappa shape index (κ2) is 12.8. The van der Waals surface area contributed by atoms with Gasteiger partial charge < -0.3 is 10.6 Å². The molecule has 0 spiro atoms. The molecule has 0 radical (unpaired) electrons. The van der Waals surface area contributed by atoms with Crippen molar-refractivity contribution in [2.45, 2.75) is 209 Å². The van der Waals surface area contributed by atoms with Gasteiger partial charge >= 0.3 is 0 Å². The van der Waals surface area contributed by atoms with Crippen LogP contribution in [-0.4, -0.2) is 67.7 Å². The third kappa shape index (κ3) is 11.7. The van der Waals surface area contributed by atoms with Crippen molar-refractivity contribution in [1.82, 2.24) is 20.4 Å². The first-order valence-electron chi connectivity index (χ1n) is 14.9. The Morgan fingerprint density at radius 3 is 1.08 bits per heavy atom. The van der Waals surface area contributed by atoms with Crippen molar-refractivity contribution in [3.63, 3.8) is 0 Å². The van der Waals surface area contributed by atoms with Crippen molar-refractivity contribution in [3.05, 3.63) is 0 Å². The molecule has 0 aromatic heterocycles. The molecule has 4 heteroatoms. The van der Waals surface area contributed by atoms with E-state index in [2.05, 4.69) is 152 Å². The van der Waals surface area contributed by atoms with E-state index in [9.17, 15) is 0 Å². The van der Waals surface area contributed by atoms with Gasteiger partial charge in [0.15, 0.2) is 0 Å². The maximum atomic E-state index is 4.06. The van der Waals surface area contributed by atoms with Crippen molar-refractivity contribution in [3.8, 4) is 0 Å². The van der Waals surface area contributed by atoms with Crippen LogP contribution in [0, 0.1) is 0 Å². The molecule has 0 amide bonds. The lowest BCUT2D eigenvalue weighted by molar-refractivity contribution is 0.0208. The molecule has 0 rings (SSSR count). The van der Waals surface area contributed by atoms with Gasteiger partial charge in [0.2, 0.25) is 0 Å². The molecular weight excluding hydrogens is 440 g/mol. The van der Waals surface area contributed by atoms with Crippen LogP contribution in [0.5, 0.6) is 0 Å². The molecule has 36 heavy (non-hydrogen) atoms. The van der Waals surface area contributed by atoms with E-state index in [4.69, 9.17) is 0 Å². The zero-order valence-electron chi connectivity index (χ0n) is 28.4. The quantitative estimate of drug-likeness (QED) is 0.221. The lowest BCUT2D eigenvalue weighted by Crippen LogP contribution is -2.61. The molecule has 1 unspecified atom stereocenters. The van der Waals surface area contributed by atoms with Crippen molar-refractivity contribution >= 4 is 0 Å². The third-order valence-electron chi connectivity index (χ3n) is 7.50. The normalized spacial score (nSPS) is 15.9. The van der Waals surface area contributed by atoms with Crippen LogP contribution in [0.25, 0.3) is 0 Å². The fourth-order valence-electron chi connectivity index (χ4n) is 8.88. The van der Waals surface area contributed by atoms with Crippen molar-refractivity contribution in [1.29, 1.82) is 0 Å². The van der Waals surface area contributed by atoms with Crippen LogP contribution >= 0.6 is 0 Å². The Labute approximate surface area is 229 Å². The van der Waals surface area contributed by atoms with Gasteiger partial charge in [0.05, 0.1) is 0 Å². The van der Waals surface area contributed by atoms with Crippen molar-refractivity contribution in [2.24, 2.45) is 0 Å². The van der Waals surface area contributed by atoms with Crippen molar-refractivity contribution in [2.75, 3.05) is 0 Å². The maximum absolute atomic E-state index is 4.06. The second-order valence-corrected chi connectivity index (χ2v) is 16.2. The van der Waals surface area contributed by atoms with Gasteiger partial charge in [0.25, 0.3) is 0 Å². The molecule has 2 N–H and O–H groups in total. The molecule has 0 aliphatic carbocycles. The highest BCUT2D eigenvalue weighted by atomic mass is 15.2. The molecule has 218 valence electrons. The predicted octanol–water partition coefficient (Wildman–Crippen LogP) is 7.86. The van der Waals surface area contributed by atoms with E-state index >= 15 is 0 Å². The molecule has 0 aliphatic heterocycles. The minimum absolute atomic E-state index is 0.0278. The van der Waals surface area contributed by atoms with E-state index in [0.717, 1.165) is 19.3 Å². The Morgan fingerprint density at radius 2 is 0.778 bits per heavy atom. The van der Waals surface area contributed by atoms with E-state index in [1.165, 1.54) is 0 Å². The highest BCUT2D eigenvalue weighted by molar-refractivity contribution is 5.00. The zero-order valence-corrected chi connectivity index (χ0v) is 28.4. The smallest absolute Gasteiger partial charge is 0.0175 e. The summed E-state index contributed by atoms with van der Waals surface area (Å²) in [6.45, 7) is 44.9. The lowest BCUT2D eigenvalue weighted by atomic mass is 9.81. The summed E-state index contributed by atoms with van der Waals surface area (Å²) in [5, 5.41) is 8.07. The molecule has 0 heterocycles. The first-order valence-corrected chi connectivity index (χ1v) is 14.9. The summed E-state index contributed by atoms with van der Waals surface area (Å²) < 4.78 is 0. The van der Waals surface area contributed by atoms with E-state index < -0.39 is 0 Å². The molecule has 1 atom stereocenters. The highest BCUT2D eigenvalue weighted by Crippen LogP contribution is 2.33. The largest absolute Gasteiger partial charge is 0.309 e. The summed E-state index contributed by atoms with van der Waals surface area (Å²) in [5.41, 5.74) is 0.346. The van der Waals surface area contributed by atoms with E-state index in [1.54, 1.807) is 0 Å². The average molecular weight is 511 g/mol. The Kier molecular flexibility index (Phi) is 12.7. The standard InChI is InChI=1S/C32H70N4/c1-23(2)35(24(3)4)31(16,17)21-29(12,13)33-27(9)20-28(10,11)34-30(14,15)22-32(18,19)36(25(5)6)26(7)8/h23-27,33-34H,20-22H2,1-19H3. The van der Waals surface area contributed by atoms with Gasteiger partial charge in [-0.1, -0.05) is 0 Å². The van der Waals surface area contributed by atoms with E-state index in [0.29, 0.717) is 30.2 Å². The molecular formula is C32H70N4. The van der Waals surface area contributed by atoms with Crippen LogP contribution in [0.3, 0.4) is 0 Å². The number of hydrogen-bond acceptors (Lipinski definition) is 4. The zero-order chi connectivity index (χ0) is 29.1. The Morgan fingerprint density at radius 1 is 0.472 bits per heavy atom. The molecule has 0 bridgehead atoms. The fourth-order valence-corrected chi connectivity index (χ4v) is 8.88. The van der Waals surface area contributed by atoms with Gasteiger partial charge in [-0.05, 0) is 151 Å². The number of nitrogens with zero attached hydrogens (tertiary/aromatic N) is 2. The molecule has 0 saturated carbocycles. The minimum atomic E-state index is 0.0278. The summed E-state index contributed by atoms with van der Waals surface area (Å²) in [6.07, 6.45) is 3.28. The number of rotatable bonds is 16. The lowest BCUT2D eigenvalue weighted by Gasteiger charge is -2.50. The SMILES string of the molecule is CC(CC(C)(C)NC(C)(C)CC(C)(C)N(C(C)C)C(C)C)NC(C)(C)CC(C)(C)N(C(C)C)C(C)C. The first kappa shape index (κ1) is 35.8. The number of nitrogens with one attached hydrogen (secondary N) is 2. The number of hydrogen-bond donors (Lipinski definition) is 2. The fraction of sp³-hybridized carbons (Fsp3) is 1.00. The Hall–Kier alpha value is -0.160. The van der Waals surface area contributed by atoms with Gasteiger partial charge in [0.1, 0.15) is 0 Å². The highest BCUT2D eigenvalue weighted by Gasteiger charge is 2.40. The molecule has 0 aromatic rings. The van der Waals surface area contributed by atoms with Gasteiger partial charge in [-0.25, -0.2) is 0 Å². The third-order valence-corrected chi connectivity index (χ3v) is 7.50. The van der Waals surface area contributed by atoms with Gasteiger partial charge in [-0.15, -0.1) is 0 Å². The maximum Gasteiger partial charge on any atom is 0.0175 e. The summed E-state index contributed by atoms with van der Waals surface area (Å²) in [4.78, 5) is 5.32. The van der Waals surface area contributed by atoms with Crippen LogP contribution in [0.1, 0.15) is 151 Å². The minimum Gasteiger partial charge on any atom is -0.309 e. The molecule has 4 nitrogen and oxygen atoms in total. The van der Waals surface area contributed by atoms with E-state index in [1.807, 2.05) is 0 Å². The summed E-state index contributed by atoms with van der Waals surface area (Å²) in [6, 6.07) is 2.54. The molecule has 0 fully saturated rings.